The Kier molecular flexibility index (Phi) is 2.53. The number of benzene rings is 1. The molecule has 1 aromatic heterocycles. The first-order valence-corrected chi connectivity index (χ1v) is 4.33. The zero-order valence-corrected chi connectivity index (χ0v) is 8.10. The lowest BCUT2D eigenvalue weighted by Gasteiger charge is -2.03. The molecule has 0 radical (unpaired) electrons. The van der Waals surface area contributed by atoms with Crippen LogP contribution < -0.4 is 4.74 Å². The van der Waals surface area contributed by atoms with E-state index in [1.165, 1.54) is 13.5 Å². The molecule has 0 bridgehead atoms. The van der Waals surface area contributed by atoms with E-state index in [9.17, 15) is 4.79 Å². The van der Waals surface area contributed by atoms with Crippen molar-refractivity contribution in [2.45, 2.75) is 0 Å². The Morgan fingerprint density at radius 2 is 2.40 bits per heavy atom. The highest BCUT2D eigenvalue weighted by atomic mass is 16.6. The third kappa shape index (κ3) is 1.90. The summed E-state index contributed by atoms with van der Waals surface area (Å²) in [5.74, 6) is 0.0434. The highest BCUT2D eigenvalue weighted by Crippen LogP contribution is 2.24. The van der Waals surface area contributed by atoms with Gasteiger partial charge in [0.25, 0.3) is 0 Å². The van der Waals surface area contributed by atoms with E-state index in [0.29, 0.717) is 16.8 Å². The van der Waals surface area contributed by atoms with Crippen molar-refractivity contribution >= 4 is 17.1 Å². The van der Waals surface area contributed by atoms with Crippen molar-refractivity contribution in [3.8, 4) is 5.75 Å². The van der Waals surface area contributed by atoms with E-state index in [-0.39, 0.29) is 6.61 Å². The second-order valence-corrected chi connectivity index (χ2v) is 2.82. The monoisotopic (exact) mass is 207 g/mol. The number of nitrogens with zero attached hydrogens (tertiary/aromatic N) is 1. The van der Waals surface area contributed by atoms with E-state index < -0.39 is 5.97 Å². The number of carbonyl (C=O) groups is 1. The number of ether oxygens (including phenoxy) is 2. The molecule has 0 amide bonds. The predicted octanol–water partition coefficient (Wildman–Crippen LogP) is 1.38. The molecule has 1 aromatic carbocycles. The van der Waals surface area contributed by atoms with Gasteiger partial charge in [-0.05, 0) is 12.1 Å². The Balaban J connectivity index is 2.20. The zero-order valence-electron chi connectivity index (χ0n) is 8.10. The molecule has 0 aliphatic carbocycles. The fourth-order valence-electron chi connectivity index (χ4n) is 1.17. The number of rotatable bonds is 3. The molecule has 0 fully saturated rings. The fourth-order valence-corrected chi connectivity index (χ4v) is 1.17. The van der Waals surface area contributed by atoms with Crippen molar-refractivity contribution in [1.29, 1.82) is 0 Å². The predicted molar refractivity (Wildman–Crippen MR) is 51.5 cm³/mol. The minimum Gasteiger partial charge on any atom is -0.478 e. The third-order valence-electron chi connectivity index (χ3n) is 1.89. The topological polar surface area (TPSA) is 61.6 Å². The molecule has 0 saturated carbocycles. The van der Waals surface area contributed by atoms with E-state index in [4.69, 9.17) is 9.15 Å². The van der Waals surface area contributed by atoms with Crippen LogP contribution in [-0.4, -0.2) is 24.7 Å². The lowest BCUT2D eigenvalue weighted by atomic mass is 10.3. The summed E-state index contributed by atoms with van der Waals surface area (Å²) < 4.78 is 14.8. The van der Waals surface area contributed by atoms with Gasteiger partial charge in [-0.2, -0.15) is 0 Å². The number of methoxy groups -OCH3 is 1. The molecule has 0 unspecified atom stereocenters. The summed E-state index contributed by atoms with van der Waals surface area (Å²) in [6, 6.07) is 5.28. The molecule has 2 aromatic rings. The minimum absolute atomic E-state index is 0.143. The Morgan fingerprint density at radius 1 is 1.53 bits per heavy atom. The molecule has 5 heteroatoms. The van der Waals surface area contributed by atoms with Gasteiger partial charge in [-0.25, -0.2) is 9.78 Å². The fraction of sp³-hybridized carbons (Fsp3) is 0.200. The van der Waals surface area contributed by atoms with Crippen molar-refractivity contribution in [3.63, 3.8) is 0 Å². The largest absolute Gasteiger partial charge is 0.478 e. The maximum atomic E-state index is 10.9. The molecule has 15 heavy (non-hydrogen) atoms. The Bertz CT molecular complexity index is 477. The first kappa shape index (κ1) is 9.51. The van der Waals surface area contributed by atoms with Crippen LogP contribution in [0, 0.1) is 0 Å². The summed E-state index contributed by atoms with van der Waals surface area (Å²) in [5.41, 5.74) is 1.22. The Labute approximate surface area is 85.6 Å². The van der Waals surface area contributed by atoms with Crippen molar-refractivity contribution in [1.82, 2.24) is 4.98 Å². The van der Waals surface area contributed by atoms with Gasteiger partial charge in [0.2, 0.25) is 0 Å². The zero-order chi connectivity index (χ0) is 10.7. The van der Waals surface area contributed by atoms with E-state index in [2.05, 4.69) is 9.72 Å². The number of aromatic nitrogens is 1. The van der Waals surface area contributed by atoms with Gasteiger partial charge >= 0.3 is 5.97 Å². The number of para-hydroxylation sites is 1. The standard InChI is InChI=1S/C10H9NO4/c1-13-9(12)5-14-8-4-2-3-7-10(8)15-6-11-7/h2-4,6H,5H2,1H3. The summed E-state index contributed by atoms with van der Waals surface area (Å²) in [6.07, 6.45) is 1.33. The number of oxazole rings is 1. The van der Waals surface area contributed by atoms with Crippen LogP contribution in [0.3, 0.4) is 0 Å². The van der Waals surface area contributed by atoms with Crippen molar-refractivity contribution < 1.29 is 18.7 Å². The minimum atomic E-state index is -0.438. The van der Waals surface area contributed by atoms with Gasteiger partial charge in [-0.3, -0.25) is 0 Å². The second-order valence-electron chi connectivity index (χ2n) is 2.82. The molecule has 0 N–H and O–H groups in total. The molecular formula is C10H9NO4. The molecule has 2 rings (SSSR count). The van der Waals surface area contributed by atoms with Crippen LogP contribution in [0.25, 0.3) is 11.1 Å². The summed E-state index contributed by atoms with van der Waals surface area (Å²) in [6.45, 7) is -0.143. The van der Waals surface area contributed by atoms with Crippen molar-refractivity contribution in [3.05, 3.63) is 24.6 Å². The smallest absolute Gasteiger partial charge is 0.343 e. The molecule has 1 heterocycles. The summed E-state index contributed by atoms with van der Waals surface area (Å²) in [4.78, 5) is 14.8. The number of carbonyl (C=O) groups excluding carboxylic acids is 1. The molecule has 0 saturated heterocycles. The Morgan fingerprint density at radius 3 is 3.20 bits per heavy atom. The van der Waals surface area contributed by atoms with Crippen LogP contribution in [0.4, 0.5) is 0 Å². The van der Waals surface area contributed by atoms with Gasteiger partial charge in [-0.1, -0.05) is 6.07 Å². The van der Waals surface area contributed by atoms with Crippen LogP contribution in [0.15, 0.2) is 29.0 Å². The van der Waals surface area contributed by atoms with Gasteiger partial charge < -0.3 is 13.9 Å². The second kappa shape index (κ2) is 4.00. The molecular weight excluding hydrogens is 198 g/mol. The summed E-state index contributed by atoms with van der Waals surface area (Å²) >= 11 is 0. The van der Waals surface area contributed by atoms with Crippen LogP contribution in [0.2, 0.25) is 0 Å². The summed E-state index contributed by atoms with van der Waals surface area (Å²) in [5, 5.41) is 0. The lowest BCUT2D eigenvalue weighted by Crippen LogP contribution is -2.12. The molecule has 5 nitrogen and oxygen atoms in total. The highest BCUT2D eigenvalue weighted by Gasteiger charge is 2.08. The number of fused-ring (bicyclic) bond motifs is 1. The van der Waals surface area contributed by atoms with Gasteiger partial charge in [0, 0.05) is 0 Å². The first-order chi connectivity index (χ1) is 7.31. The van der Waals surface area contributed by atoms with E-state index in [1.807, 2.05) is 0 Å². The highest BCUT2D eigenvalue weighted by molar-refractivity contribution is 5.79. The number of hydrogen-bond acceptors (Lipinski definition) is 5. The lowest BCUT2D eigenvalue weighted by molar-refractivity contribution is -0.142. The molecule has 0 spiro atoms. The van der Waals surface area contributed by atoms with Crippen LogP contribution >= 0.6 is 0 Å². The van der Waals surface area contributed by atoms with Crippen molar-refractivity contribution in [2.75, 3.05) is 13.7 Å². The third-order valence-corrected chi connectivity index (χ3v) is 1.89. The molecule has 0 aliphatic rings. The molecule has 0 aliphatic heterocycles. The average molecular weight is 207 g/mol. The van der Waals surface area contributed by atoms with Gasteiger partial charge in [-0.15, -0.1) is 0 Å². The average Bonchev–Trinajstić information content (AvgIpc) is 2.74. The van der Waals surface area contributed by atoms with Crippen LogP contribution in [0.5, 0.6) is 5.75 Å². The van der Waals surface area contributed by atoms with E-state index >= 15 is 0 Å². The maximum absolute atomic E-state index is 10.9. The van der Waals surface area contributed by atoms with Crippen LogP contribution in [-0.2, 0) is 9.53 Å². The maximum Gasteiger partial charge on any atom is 0.343 e. The van der Waals surface area contributed by atoms with E-state index in [1.54, 1.807) is 18.2 Å². The normalized spacial score (nSPS) is 10.2. The van der Waals surface area contributed by atoms with Crippen LogP contribution in [0.1, 0.15) is 0 Å². The Hall–Kier alpha value is -2.04. The number of hydrogen-bond donors (Lipinski definition) is 0. The molecule has 0 atom stereocenters. The van der Waals surface area contributed by atoms with Gasteiger partial charge in [0.1, 0.15) is 5.52 Å². The number of esters is 1. The van der Waals surface area contributed by atoms with Crippen molar-refractivity contribution in [2.24, 2.45) is 0 Å². The van der Waals surface area contributed by atoms with Gasteiger partial charge in [0.05, 0.1) is 7.11 Å². The van der Waals surface area contributed by atoms with E-state index in [0.717, 1.165) is 0 Å². The SMILES string of the molecule is COC(=O)COc1cccc2ncoc12. The molecule has 78 valence electrons. The quantitative estimate of drug-likeness (QED) is 0.711. The summed E-state index contributed by atoms with van der Waals surface area (Å²) in [7, 11) is 1.31. The first-order valence-electron chi connectivity index (χ1n) is 4.33. The van der Waals surface area contributed by atoms with Gasteiger partial charge in [0.15, 0.2) is 24.3 Å².